The molecule has 0 amide bonds. The van der Waals surface area contributed by atoms with E-state index in [2.05, 4.69) is 11.8 Å². The van der Waals surface area contributed by atoms with Crippen LogP contribution in [0.3, 0.4) is 0 Å². The van der Waals surface area contributed by atoms with Crippen molar-refractivity contribution in [3.05, 3.63) is 23.8 Å². The summed E-state index contributed by atoms with van der Waals surface area (Å²) in [6, 6.07) is 5.57. The lowest BCUT2D eigenvalue weighted by Crippen LogP contribution is -2.36. The Morgan fingerprint density at radius 1 is 1.19 bits per heavy atom. The number of likely N-dealkylation sites (tertiary alicyclic amines) is 1. The molecule has 2 aliphatic heterocycles. The fraction of sp³-hybridized carbons (Fsp3) is 0.588. The van der Waals surface area contributed by atoms with Crippen molar-refractivity contribution in [1.82, 2.24) is 4.90 Å². The molecule has 0 spiro atoms. The van der Waals surface area contributed by atoms with E-state index >= 15 is 0 Å². The molecule has 1 saturated heterocycles. The van der Waals surface area contributed by atoms with E-state index in [9.17, 15) is 4.79 Å². The minimum atomic E-state index is 0.153. The summed E-state index contributed by atoms with van der Waals surface area (Å²) < 4.78 is 11.1. The minimum absolute atomic E-state index is 0.153. The lowest BCUT2D eigenvalue weighted by atomic mass is 9.88. The molecule has 0 unspecified atom stereocenters. The Morgan fingerprint density at radius 2 is 1.90 bits per heavy atom. The zero-order valence-corrected chi connectivity index (χ0v) is 12.6. The number of hydrogen-bond acceptors (Lipinski definition) is 4. The van der Waals surface area contributed by atoms with Crippen molar-refractivity contribution in [2.45, 2.75) is 26.2 Å². The number of hydrogen-bond donors (Lipinski definition) is 0. The number of rotatable bonds is 4. The molecule has 0 aliphatic carbocycles. The van der Waals surface area contributed by atoms with Crippen molar-refractivity contribution in [3.8, 4) is 11.5 Å². The number of piperidine rings is 1. The van der Waals surface area contributed by atoms with E-state index in [1.807, 2.05) is 18.2 Å². The molecular weight excluding hydrogens is 266 g/mol. The van der Waals surface area contributed by atoms with Gasteiger partial charge in [-0.25, -0.2) is 0 Å². The Labute approximate surface area is 126 Å². The molecule has 0 saturated carbocycles. The molecular formula is C17H23NO3. The second-order valence-corrected chi connectivity index (χ2v) is 5.84. The van der Waals surface area contributed by atoms with E-state index in [1.54, 1.807) is 0 Å². The van der Waals surface area contributed by atoms with Gasteiger partial charge in [0.15, 0.2) is 17.3 Å². The zero-order valence-electron chi connectivity index (χ0n) is 12.6. The second kappa shape index (κ2) is 6.48. The van der Waals surface area contributed by atoms with Crippen molar-refractivity contribution in [2.75, 3.05) is 32.8 Å². The molecule has 0 bridgehead atoms. The maximum absolute atomic E-state index is 12.6. The number of nitrogens with zero attached hydrogens (tertiary/aromatic N) is 1. The number of Topliss-reactive ketones (excluding diaryl/α,β-unsaturated/α-hetero) is 1. The first-order valence-corrected chi connectivity index (χ1v) is 7.94. The van der Waals surface area contributed by atoms with Gasteiger partial charge in [-0.2, -0.15) is 0 Å². The van der Waals surface area contributed by atoms with Crippen LogP contribution in [0.4, 0.5) is 0 Å². The molecule has 114 valence electrons. The second-order valence-electron chi connectivity index (χ2n) is 5.84. The third-order valence-corrected chi connectivity index (χ3v) is 4.32. The third kappa shape index (κ3) is 3.21. The fourth-order valence-corrected chi connectivity index (χ4v) is 3.17. The first-order valence-electron chi connectivity index (χ1n) is 7.94. The van der Waals surface area contributed by atoms with Crippen LogP contribution in [0.25, 0.3) is 0 Å². The highest BCUT2D eigenvalue weighted by atomic mass is 16.6. The molecule has 2 aliphatic rings. The van der Waals surface area contributed by atoms with Gasteiger partial charge >= 0.3 is 0 Å². The van der Waals surface area contributed by atoms with Crippen LogP contribution < -0.4 is 9.47 Å². The molecule has 0 atom stereocenters. The summed E-state index contributed by atoms with van der Waals surface area (Å²) in [5, 5.41) is 0. The number of ketones is 1. The van der Waals surface area contributed by atoms with Gasteiger partial charge in [0.2, 0.25) is 0 Å². The van der Waals surface area contributed by atoms with E-state index in [-0.39, 0.29) is 11.7 Å². The van der Waals surface area contributed by atoms with Crippen LogP contribution in [0.1, 0.15) is 36.5 Å². The number of ether oxygens (including phenoxy) is 2. The van der Waals surface area contributed by atoms with Crippen molar-refractivity contribution in [2.24, 2.45) is 5.92 Å². The predicted molar refractivity (Wildman–Crippen MR) is 81.2 cm³/mol. The van der Waals surface area contributed by atoms with E-state index in [0.29, 0.717) is 19.0 Å². The van der Waals surface area contributed by atoms with Gasteiger partial charge in [-0.3, -0.25) is 4.79 Å². The molecule has 0 radical (unpaired) electrons. The SMILES string of the molecule is CCCN1CCC(C(=O)c2ccc3c(c2)OCCO3)CC1. The van der Waals surface area contributed by atoms with Gasteiger partial charge in [0, 0.05) is 11.5 Å². The first kappa shape index (κ1) is 14.4. The van der Waals surface area contributed by atoms with Crippen LogP contribution in [0.2, 0.25) is 0 Å². The van der Waals surface area contributed by atoms with E-state index in [4.69, 9.17) is 9.47 Å². The van der Waals surface area contributed by atoms with Crippen LogP contribution in [0.5, 0.6) is 11.5 Å². The molecule has 0 aromatic heterocycles. The summed E-state index contributed by atoms with van der Waals surface area (Å²) in [7, 11) is 0. The quantitative estimate of drug-likeness (QED) is 0.799. The molecule has 21 heavy (non-hydrogen) atoms. The number of carbonyl (C=O) groups is 1. The van der Waals surface area contributed by atoms with Gasteiger partial charge in [-0.1, -0.05) is 6.92 Å². The Kier molecular flexibility index (Phi) is 4.44. The van der Waals surface area contributed by atoms with Gasteiger partial charge < -0.3 is 14.4 Å². The number of fused-ring (bicyclic) bond motifs is 1. The normalized spacial score (nSPS) is 19.5. The highest BCUT2D eigenvalue weighted by Crippen LogP contribution is 2.32. The molecule has 1 fully saturated rings. The highest BCUT2D eigenvalue weighted by Gasteiger charge is 2.26. The molecule has 4 heteroatoms. The molecule has 3 rings (SSSR count). The summed E-state index contributed by atoms with van der Waals surface area (Å²) in [4.78, 5) is 15.1. The van der Waals surface area contributed by atoms with Crippen LogP contribution in [0, 0.1) is 5.92 Å². The maximum atomic E-state index is 12.6. The number of carbonyl (C=O) groups excluding carboxylic acids is 1. The third-order valence-electron chi connectivity index (χ3n) is 4.32. The minimum Gasteiger partial charge on any atom is -0.486 e. The van der Waals surface area contributed by atoms with Gasteiger partial charge in [0.1, 0.15) is 13.2 Å². The van der Waals surface area contributed by atoms with Crippen LogP contribution >= 0.6 is 0 Å². The van der Waals surface area contributed by atoms with Crippen molar-refractivity contribution < 1.29 is 14.3 Å². The summed E-state index contributed by atoms with van der Waals surface area (Å²) in [5.41, 5.74) is 0.758. The molecule has 1 aromatic carbocycles. The van der Waals surface area contributed by atoms with Crippen LogP contribution in [0.15, 0.2) is 18.2 Å². The van der Waals surface area contributed by atoms with Gasteiger partial charge in [-0.15, -0.1) is 0 Å². The van der Waals surface area contributed by atoms with E-state index < -0.39 is 0 Å². The maximum Gasteiger partial charge on any atom is 0.166 e. The monoisotopic (exact) mass is 289 g/mol. The van der Waals surface area contributed by atoms with Gasteiger partial charge in [0.25, 0.3) is 0 Å². The summed E-state index contributed by atoms with van der Waals surface area (Å²) >= 11 is 0. The summed E-state index contributed by atoms with van der Waals surface area (Å²) in [6.45, 7) is 6.55. The zero-order chi connectivity index (χ0) is 14.7. The van der Waals surface area contributed by atoms with Gasteiger partial charge in [0.05, 0.1) is 0 Å². The smallest absolute Gasteiger partial charge is 0.166 e. The highest BCUT2D eigenvalue weighted by molar-refractivity contribution is 5.98. The van der Waals surface area contributed by atoms with Crippen molar-refractivity contribution >= 4 is 5.78 Å². The largest absolute Gasteiger partial charge is 0.486 e. The first-order chi connectivity index (χ1) is 10.3. The molecule has 4 nitrogen and oxygen atoms in total. The lowest BCUT2D eigenvalue weighted by Gasteiger charge is -2.31. The van der Waals surface area contributed by atoms with Gasteiger partial charge in [-0.05, 0) is 57.1 Å². The van der Waals surface area contributed by atoms with E-state index in [1.165, 1.54) is 6.42 Å². The van der Waals surface area contributed by atoms with Crippen molar-refractivity contribution in [3.63, 3.8) is 0 Å². The average Bonchev–Trinajstić information content (AvgIpc) is 2.55. The Bertz CT molecular complexity index is 507. The standard InChI is InChI=1S/C17H23NO3/c1-2-7-18-8-5-13(6-9-18)17(19)14-3-4-15-16(12-14)21-11-10-20-15/h3-4,12-13H,2,5-11H2,1H3. The molecule has 2 heterocycles. The molecule has 0 N–H and O–H groups in total. The summed E-state index contributed by atoms with van der Waals surface area (Å²) in [5.74, 6) is 1.86. The van der Waals surface area contributed by atoms with Crippen molar-refractivity contribution in [1.29, 1.82) is 0 Å². The van der Waals surface area contributed by atoms with Crippen LogP contribution in [-0.4, -0.2) is 43.5 Å². The Morgan fingerprint density at radius 3 is 2.62 bits per heavy atom. The Balaban J connectivity index is 1.66. The predicted octanol–water partition coefficient (Wildman–Crippen LogP) is 2.76. The van der Waals surface area contributed by atoms with Crippen LogP contribution in [-0.2, 0) is 0 Å². The summed E-state index contributed by atoms with van der Waals surface area (Å²) in [6.07, 6.45) is 3.11. The topological polar surface area (TPSA) is 38.8 Å². The van der Waals surface area contributed by atoms with E-state index in [0.717, 1.165) is 43.8 Å². The Hall–Kier alpha value is -1.55. The number of benzene rings is 1. The fourth-order valence-electron chi connectivity index (χ4n) is 3.17. The molecule has 1 aromatic rings. The average molecular weight is 289 g/mol. The lowest BCUT2D eigenvalue weighted by molar-refractivity contribution is 0.0839.